The number of hydrogen-bond donors (Lipinski definition) is 2. The fraction of sp³-hybridized carbons (Fsp3) is 0.429. The van der Waals surface area contributed by atoms with Crippen molar-refractivity contribution in [2.45, 2.75) is 0 Å². The monoisotopic (exact) mass is 314 g/mol. The second kappa shape index (κ2) is 6.41. The van der Waals surface area contributed by atoms with Gasteiger partial charge in [0.2, 0.25) is 5.91 Å². The van der Waals surface area contributed by atoms with E-state index in [-0.39, 0.29) is 42.1 Å². The molecule has 0 spiro atoms. The number of carbonyl (C=O) groups excluding carboxylic acids is 2. The number of nitrogens with zero attached hydrogens (tertiary/aromatic N) is 1. The Kier molecular flexibility index (Phi) is 4.80. The lowest BCUT2D eigenvalue weighted by atomic mass is 9.96. The van der Waals surface area contributed by atoms with Crippen LogP contribution in [0.1, 0.15) is 10.4 Å². The van der Waals surface area contributed by atoms with Crippen molar-refractivity contribution in [2.24, 2.45) is 11.8 Å². The van der Waals surface area contributed by atoms with Gasteiger partial charge >= 0.3 is 0 Å². The predicted molar refractivity (Wildman–Crippen MR) is 75.4 cm³/mol. The first kappa shape index (κ1) is 15.7. The number of nitrogens with one attached hydrogen (secondary N) is 1. The third-order valence-corrected chi connectivity index (χ3v) is 3.94. The molecule has 5 nitrogen and oxygen atoms in total. The maximum atomic E-state index is 13.7. The van der Waals surface area contributed by atoms with Gasteiger partial charge in [0.25, 0.3) is 5.91 Å². The van der Waals surface area contributed by atoms with Crippen LogP contribution in [0.25, 0.3) is 0 Å². The summed E-state index contributed by atoms with van der Waals surface area (Å²) in [4.78, 5) is 25.5. The number of rotatable bonds is 3. The van der Waals surface area contributed by atoms with E-state index in [2.05, 4.69) is 5.32 Å². The quantitative estimate of drug-likeness (QED) is 0.871. The molecule has 114 valence electrons. The molecule has 2 N–H and O–H groups in total. The molecule has 1 fully saturated rings. The van der Waals surface area contributed by atoms with Crippen molar-refractivity contribution in [3.8, 4) is 0 Å². The molecule has 2 rings (SSSR count). The summed E-state index contributed by atoms with van der Waals surface area (Å²) < 4.78 is 13.7. The highest BCUT2D eigenvalue weighted by atomic mass is 35.5. The number of benzene rings is 1. The van der Waals surface area contributed by atoms with Gasteiger partial charge in [0.1, 0.15) is 5.82 Å². The van der Waals surface area contributed by atoms with Crippen LogP contribution in [-0.4, -0.2) is 48.6 Å². The summed E-state index contributed by atoms with van der Waals surface area (Å²) in [5, 5.41) is 12.1. The Labute approximate surface area is 126 Å². The van der Waals surface area contributed by atoms with Gasteiger partial charge in [0, 0.05) is 37.7 Å². The number of amides is 2. The van der Waals surface area contributed by atoms with Crippen LogP contribution in [0.15, 0.2) is 18.2 Å². The summed E-state index contributed by atoms with van der Waals surface area (Å²) in [7, 11) is 1.50. The molecule has 7 heteroatoms. The van der Waals surface area contributed by atoms with Crippen LogP contribution in [0.5, 0.6) is 0 Å². The van der Waals surface area contributed by atoms with Gasteiger partial charge in [0.05, 0.1) is 11.5 Å². The second-order valence-electron chi connectivity index (χ2n) is 5.00. The predicted octanol–water partition coefficient (Wildman–Crippen LogP) is 0.906. The number of carbonyl (C=O) groups is 2. The van der Waals surface area contributed by atoms with E-state index in [0.29, 0.717) is 0 Å². The van der Waals surface area contributed by atoms with Gasteiger partial charge in [-0.2, -0.15) is 0 Å². The summed E-state index contributed by atoms with van der Waals surface area (Å²) in [6.07, 6.45) is 0. The Balaban J connectivity index is 2.21. The van der Waals surface area contributed by atoms with E-state index < -0.39 is 17.6 Å². The molecule has 0 radical (unpaired) electrons. The minimum Gasteiger partial charge on any atom is -0.396 e. The van der Waals surface area contributed by atoms with Crippen LogP contribution in [-0.2, 0) is 4.79 Å². The van der Waals surface area contributed by atoms with Crippen molar-refractivity contribution < 1.29 is 19.1 Å². The lowest BCUT2D eigenvalue weighted by Crippen LogP contribution is -2.34. The maximum Gasteiger partial charge on any atom is 0.256 e. The van der Waals surface area contributed by atoms with E-state index in [4.69, 9.17) is 11.6 Å². The Morgan fingerprint density at radius 1 is 1.48 bits per heavy atom. The summed E-state index contributed by atoms with van der Waals surface area (Å²) >= 11 is 5.78. The fourth-order valence-electron chi connectivity index (χ4n) is 2.54. The van der Waals surface area contributed by atoms with Crippen LogP contribution < -0.4 is 5.32 Å². The van der Waals surface area contributed by atoms with Gasteiger partial charge in [-0.25, -0.2) is 4.39 Å². The maximum absolute atomic E-state index is 13.7. The molecule has 0 unspecified atom stereocenters. The summed E-state index contributed by atoms with van der Waals surface area (Å²) in [6, 6.07) is 3.76. The number of halogens is 2. The Hall–Kier alpha value is -1.66. The van der Waals surface area contributed by atoms with Crippen LogP contribution >= 0.6 is 11.6 Å². The first-order chi connectivity index (χ1) is 9.97. The molecular formula is C14H16ClFN2O3. The lowest BCUT2D eigenvalue weighted by molar-refractivity contribution is -0.125. The summed E-state index contributed by atoms with van der Waals surface area (Å²) in [5.41, 5.74) is -0.128. The lowest BCUT2D eigenvalue weighted by Gasteiger charge is -2.16. The molecular weight excluding hydrogens is 299 g/mol. The first-order valence-electron chi connectivity index (χ1n) is 6.54. The highest BCUT2D eigenvalue weighted by Gasteiger charge is 2.39. The average Bonchev–Trinajstić information content (AvgIpc) is 2.92. The molecule has 1 heterocycles. The minimum absolute atomic E-state index is 0.128. The molecule has 1 aromatic rings. The SMILES string of the molecule is CNC(=O)[C@@H]1CN(C(=O)c2cc(Cl)ccc2F)C[C@H]1CO. The van der Waals surface area contributed by atoms with E-state index in [0.717, 1.165) is 6.07 Å². The van der Waals surface area contributed by atoms with Gasteiger partial charge in [0.15, 0.2) is 0 Å². The average molecular weight is 315 g/mol. The van der Waals surface area contributed by atoms with Crippen LogP contribution in [0.4, 0.5) is 4.39 Å². The molecule has 0 aromatic heterocycles. The number of likely N-dealkylation sites (tertiary alicyclic amines) is 1. The van der Waals surface area contributed by atoms with Crippen molar-refractivity contribution in [3.63, 3.8) is 0 Å². The zero-order chi connectivity index (χ0) is 15.6. The van der Waals surface area contributed by atoms with E-state index in [1.54, 1.807) is 0 Å². The molecule has 0 aliphatic carbocycles. The summed E-state index contributed by atoms with van der Waals surface area (Å²) in [5.74, 6) is -2.27. The van der Waals surface area contributed by atoms with Crippen molar-refractivity contribution in [1.29, 1.82) is 0 Å². The van der Waals surface area contributed by atoms with Gasteiger partial charge in [-0.1, -0.05) is 11.6 Å². The third kappa shape index (κ3) is 3.16. The van der Waals surface area contributed by atoms with Gasteiger partial charge in [-0.05, 0) is 18.2 Å². The Morgan fingerprint density at radius 2 is 2.19 bits per heavy atom. The molecule has 1 aliphatic rings. The smallest absolute Gasteiger partial charge is 0.256 e. The zero-order valence-corrected chi connectivity index (χ0v) is 12.2. The highest BCUT2D eigenvalue weighted by Crippen LogP contribution is 2.26. The van der Waals surface area contributed by atoms with Gasteiger partial charge in [-0.15, -0.1) is 0 Å². The van der Waals surface area contributed by atoms with Crippen molar-refractivity contribution in [1.82, 2.24) is 10.2 Å². The normalized spacial score (nSPS) is 21.4. The van der Waals surface area contributed by atoms with Crippen LogP contribution in [0.2, 0.25) is 5.02 Å². The Morgan fingerprint density at radius 3 is 2.81 bits per heavy atom. The molecule has 21 heavy (non-hydrogen) atoms. The number of aliphatic hydroxyl groups is 1. The van der Waals surface area contributed by atoms with Crippen LogP contribution in [0, 0.1) is 17.7 Å². The van der Waals surface area contributed by atoms with Crippen molar-refractivity contribution in [3.05, 3.63) is 34.6 Å². The number of hydrogen-bond acceptors (Lipinski definition) is 3. The first-order valence-corrected chi connectivity index (χ1v) is 6.92. The van der Waals surface area contributed by atoms with E-state index in [1.807, 2.05) is 0 Å². The van der Waals surface area contributed by atoms with Crippen LogP contribution in [0.3, 0.4) is 0 Å². The molecule has 2 atom stereocenters. The van der Waals surface area contributed by atoms with Crippen molar-refractivity contribution in [2.75, 3.05) is 26.7 Å². The molecule has 1 saturated heterocycles. The van der Waals surface area contributed by atoms with Gasteiger partial charge in [-0.3, -0.25) is 9.59 Å². The van der Waals surface area contributed by atoms with Gasteiger partial charge < -0.3 is 15.3 Å². The largest absolute Gasteiger partial charge is 0.396 e. The molecule has 0 saturated carbocycles. The standard InChI is InChI=1S/C14H16ClFN2O3/c1-17-13(20)11-6-18(5-8(11)7-19)14(21)10-4-9(15)2-3-12(10)16/h2-4,8,11,19H,5-7H2,1H3,(H,17,20)/t8-,11+/m0/s1. The minimum atomic E-state index is -0.659. The Bertz CT molecular complexity index is 567. The third-order valence-electron chi connectivity index (χ3n) is 3.70. The topological polar surface area (TPSA) is 69.6 Å². The second-order valence-corrected chi connectivity index (χ2v) is 5.43. The van der Waals surface area contributed by atoms with E-state index in [9.17, 15) is 19.1 Å². The molecule has 1 aliphatic heterocycles. The van der Waals surface area contributed by atoms with E-state index >= 15 is 0 Å². The van der Waals surface area contributed by atoms with E-state index in [1.165, 1.54) is 24.1 Å². The molecule has 1 aromatic carbocycles. The highest BCUT2D eigenvalue weighted by molar-refractivity contribution is 6.31. The zero-order valence-electron chi connectivity index (χ0n) is 11.5. The molecule has 0 bridgehead atoms. The molecule has 2 amide bonds. The van der Waals surface area contributed by atoms with Crippen molar-refractivity contribution >= 4 is 23.4 Å². The number of aliphatic hydroxyl groups excluding tert-OH is 1. The fourth-order valence-corrected chi connectivity index (χ4v) is 2.71. The summed E-state index contributed by atoms with van der Waals surface area (Å²) in [6.45, 7) is 0.148.